The number of anilines is 1. The summed E-state index contributed by atoms with van der Waals surface area (Å²) in [5.74, 6) is -0.195. The Balaban J connectivity index is 1.92. The van der Waals surface area contributed by atoms with Crippen LogP contribution in [0, 0.1) is 12.7 Å². The fourth-order valence-electron chi connectivity index (χ4n) is 2.63. The van der Waals surface area contributed by atoms with Crippen molar-refractivity contribution in [3.63, 3.8) is 0 Å². The van der Waals surface area contributed by atoms with Crippen LogP contribution in [0.15, 0.2) is 18.2 Å². The summed E-state index contributed by atoms with van der Waals surface area (Å²) in [4.78, 5) is 2.16. The molecule has 2 aromatic rings. The lowest BCUT2D eigenvalue weighted by atomic mass is 10.1. The average molecular weight is 280 g/mol. The smallest absolute Gasteiger partial charge is 0.131 e. The SMILES string of the molecule is Cc1nn(C)c(Cl)c1CN1CCc2ccc(F)cc21. The molecule has 0 N–H and O–H groups in total. The summed E-state index contributed by atoms with van der Waals surface area (Å²) in [6, 6.07) is 4.98. The molecule has 3 rings (SSSR count). The summed E-state index contributed by atoms with van der Waals surface area (Å²) in [7, 11) is 1.83. The van der Waals surface area contributed by atoms with Crippen LogP contribution in [0.1, 0.15) is 16.8 Å². The molecule has 1 aromatic heterocycles. The molecule has 3 nitrogen and oxygen atoms in total. The summed E-state index contributed by atoms with van der Waals surface area (Å²) in [6.45, 7) is 3.52. The van der Waals surface area contributed by atoms with Crippen molar-refractivity contribution in [1.29, 1.82) is 0 Å². The Morgan fingerprint density at radius 3 is 2.89 bits per heavy atom. The second-order valence-electron chi connectivity index (χ2n) is 4.92. The van der Waals surface area contributed by atoms with Crippen LogP contribution in [0.5, 0.6) is 0 Å². The normalized spacial score (nSPS) is 14.0. The fourth-order valence-corrected chi connectivity index (χ4v) is 2.86. The summed E-state index contributed by atoms with van der Waals surface area (Å²) in [5.41, 5.74) is 4.11. The molecule has 1 aromatic carbocycles. The van der Waals surface area contributed by atoms with Gasteiger partial charge in [-0.15, -0.1) is 0 Å². The second kappa shape index (κ2) is 4.53. The maximum absolute atomic E-state index is 13.4. The molecule has 5 heteroatoms. The lowest BCUT2D eigenvalue weighted by molar-refractivity contribution is 0.627. The zero-order chi connectivity index (χ0) is 13.6. The average Bonchev–Trinajstić information content (AvgIpc) is 2.86. The topological polar surface area (TPSA) is 21.1 Å². The predicted octanol–water partition coefficient (Wildman–Crippen LogP) is 3.08. The number of nitrogens with zero attached hydrogens (tertiary/aromatic N) is 3. The minimum absolute atomic E-state index is 0.195. The molecule has 0 atom stereocenters. The van der Waals surface area contributed by atoms with Crippen molar-refractivity contribution in [1.82, 2.24) is 9.78 Å². The molecule has 0 radical (unpaired) electrons. The molecule has 0 aliphatic carbocycles. The van der Waals surface area contributed by atoms with E-state index in [2.05, 4.69) is 10.00 Å². The fraction of sp³-hybridized carbons (Fsp3) is 0.357. The van der Waals surface area contributed by atoms with Crippen LogP contribution in [0.2, 0.25) is 5.15 Å². The Morgan fingerprint density at radius 1 is 1.42 bits per heavy atom. The molecule has 100 valence electrons. The highest BCUT2D eigenvalue weighted by atomic mass is 35.5. The Hall–Kier alpha value is -1.55. The monoisotopic (exact) mass is 279 g/mol. The van der Waals surface area contributed by atoms with Crippen molar-refractivity contribution < 1.29 is 4.39 Å². The van der Waals surface area contributed by atoms with E-state index in [4.69, 9.17) is 11.6 Å². The van der Waals surface area contributed by atoms with Crippen molar-refractivity contribution in [3.8, 4) is 0 Å². The van der Waals surface area contributed by atoms with E-state index in [1.807, 2.05) is 20.0 Å². The van der Waals surface area contributed by atoms with Crippen LogP contribution in [0.25, 0.3) is 0 Å². The third kappa shape index (κ3) is 2.10. The first-order valence-corrected chi connectivity index (χ1v) is 6.65. The lowest BCUT2D eigenvalue weighted by Crippen LogP contribution is -2.20. The summed E-state index contributed by atoms with van der Waals surface area (Å²) >= 11 is 6.25. The molecule has 1 aliphatic rings. The number of aryl methyl sites for hydroxylation is 2. The van der Waals surface area contributed by atoms with Crippen LogP contribution >= 0.6 is 11.6 Å². The molecule has 2 heterocycles. The Kier molecular flexibility index (Phi) is 2.97. The molecule has 0 saturated carbocycles. The molecule has 0 spiro atoms. The highest BCUT2D eigenvalue weighted by molar-refractivity contribution is 6.30. The van der Waals surface area contributed by atoms with Crippen molar-refractivity contribution in [2.45, 2.75) is 19.9 Å². The number of hydrogen-bond acceptors (Lipinski definition) is 2. The highest BCUT2D eigenvalue weighted by Gasteiger charge is 2.22. The van der Waals surface area contributed by atoms with Crippen LogP contribution in [0.4, 0.5) is 10.1 Å². The van der Waals surface area contributed by atoms with Crippen molar-refractivity contribution >= 4 is 17.3 Å². The number of hydrogen-bond donors (Lipinski definition) is 0. The van der Waals surface area contributed by atoms with E-state index in [0.29, 0.717) is 11.7 Å². The predicted molar refractivity (Wildman–Crippen MR) is 74.1 cm³/mol. The van der Waals surface area contributed by atoms with Gasteiger partial charge in [0.05, 0.1) is 5.69 Å². The van der Waals surface area contributed by atoms with Gasteiger partial charge in [0.1, 0.15) is 11.0 Å². The van der Waals surface area contributed by atoms with E-state index >= 15 is 0 Å². The van der Waals surface area contributed by atoms with Gasteiger partial charge in [0.25, 0.3) is 0 Å². The van der Waals surface area contributed by atoms with Gasteiger partial charge in [-0.25, -0.2) is 4.39 Å². The summed E-state index contributed by atoms with van der Waals surface area (Å²) < 4.78 is 15.0. The van der Waals surface area contributed by atoms with Crippen molar-refractivity contribution in [2.75, 3.05) is 11.4 Å². The lowest BCUT2D eigenvalue weighted by Gasteiger charge is -2.19. The van der Waals surface area contributed by atoms with Gasteiger partial charge in [-0.3, -0.25) is 4.68 Å². The van der Waals surface area contributed by atoms with Gasteiger partial charge < -0.3 is 4.90 Å². The van der Waals surface area contributed by atoms with E-state index in [0.717, 1.165) is 29.9 Å². The zero-order valence-corrected chi connectivity index (χ0v) is 11.7. The van der Waals surface area contributed by atoms with Gasteiger partial charge in [0.15, 0.2) is 0 Å². The van der Waals surface area contributed by atoms with Crippen LogP contribution in [0.3, 0.4) is 0 Å². The maximum Gasteiger partial charge on any atom is 0.131 e. The standard InChI is InChI=1S/C14H15ClFN3/c1-9-12(14(15)18(2)17-9)8-19-6-5-10-3-4-11(16)7-13(10)19/h3-4,7H,5-6,8H2,1-2H3. The number of halogens is 2. The molecule has 0 saturated heterocycles. The van der Waals surface area contributed by atoms with E-state index in [9.17, 15) is 4.39 Å². The number of fused-ring (bicyclic) bond motifs is 1. The largest absolute Gasteiger partial charge is 0.366 e. The maximum atomic E-state index is 13.4. The van der Waals surface area contributed by atoms with Crippen molar-refractivity contribution in [2.24, 2.45) is 7.05 Å². The molecular weight excluding hydrogens is 265 g/mol. The summed E-state index contributed by atoms with van der Waals surface area (Å²) in [5, 5.41) is 4.97. The van der Waals surface area contributed by atoms with Gasteiger partial charge in [-0.05, 0) is 31.0 Å². The van der Waals surface area contributed by atoms with Gasteiger partial charge in [-0.2, -0.15) is 5.10 Å². The third-order valence-corrected chi connectivity index (χ3v) is 4.13. The molecule has 19 heavy (non-hydrogen) atoms. The minimum atomic E-state index is -0.195. The quantitative estimate of drug-likeness (QED) is 0.842. The van der Waals surface area contributed by atoms with Gasteiger partial charge in [0.2, 0.25) is 0 Å². The first-order valence-electron chi connectivity index (χ1n) is 6.27. The van der Waals surface area contributed by atoms with Crippen molar-refractivity contribution in [3.05, 3.63) is 46.0 Å². The van der Waals surface area contributed by atoms with Crippen LogP contribution in [-0.2, 0) is 20.0 Å². The summed E-state index contributed by atoms with van der Waals surface area (Å²) in [6.07, 6.45) is 0.951. The van der Waals surface area contributed by atoms with E-state index < -0.39 is 0 Å². The first kappa shape index (κ1) is 12.5. The Morgan fingerprint density at radius 2 is 2.21 bits per heavy atom. The molecular formula is C14H15ClFN3. The van der Waals surface area contributed by atoms with E-state index in [1.165, 1.54) is 11.6 Å². The number of benzene rings is 1. The number of rotatable bonds is 2. The molecule has 1 aliphatic heterocycles. The first-order chi connectivity index (χ1) is 9.06. The van der Waals surface area contributed by atoms with Gasteiger partial charge in [0, 0.05) is 31.4 Å². The van der Waals surface area contributed by atoms with Crippen LogP contribution in [-0.4, -0.2) is 16.3 Å². The van der Waals surface area contributed by atoms with E-state index in [-0.39, 0.29) is 5.82 Å². The highest BCUT2D eigenvalue weighted by Crippen LogP contribution is 2.31. The number of aromatic nitrogens is 2. The molecule has 0 fully saturated rings. The molecule has 0 amide bonds. The van der Waals surface area contributed by atoms with Gasteiger partial charge in [-0.1, -0.05) is 17.7 Å². The van der Waals surface area contributed by atoms with E-state index in [1.54, 1.807) is 10.7 Å². The van der Waals surface area contributed by atoms with Crippen LogP contribution < -0.4 is 4.90 Å². The molecule has 0 bridgehead atoms. The zero-order valence-electron chi connectivity index (χ0n) is 11.0. The molecule has 0 unspecified atom stereocenters. The second-order valence-corrected chi connectivity index (χ2v) is 5.28. The Bertz CT molecular complexity index is 636. The third-order valence-electron chi connectivity index (χ3n) is 3.66. The van der Waals surface area contributed by atoms with Gasteiger partial charge >= 0.3 is 0 Å². The minimum Gasteiger partial charge on any atom is -0.366 e. The Labute approximate surface area is 116 Å².